The van der Waals surface area contributed by atoms with E-state index in [-0.39, 0.29) is 12.5 Å². The second-order valence-corrected chi connectivity index (χ2v) is 6.51. The number of carbonyl (C=O) groups excluding carboxylic acids is 1. The van der Waals surface area contributed by atoms with Crippen LogP contribution in [0.3, 0.4) is 0 Å². The molecular formula is C11H13NO4S2. The Bertz CT molecular complexity index is 568. The van der Waals surface area contributed by atoms with Crippen molar-refractivity contribution in [3.8, 4) is 0 Å². The highest BCUT2D eigenvalue weighted by Gasteiger charge is 2.15. The van der Waals surface area contributed by atoms with E-state index < -0.39 is 10.1 Å². The van der Waals surface area contributed by atoms with Gasteiger partial charge in [-0.15, -0.1) is 0 Å². The molecule has 0 aliphatic carbocycles. The lowest BCUT2D eigenvalue weighted by atomic mass is 10.1. The van der Waals surface area contributed by atoms with E-state index in [0.717, 1.165) is 22.3 Å². The number of carbonyl (C=O) groups is 1. The Labute approximate surface area is 110 Å². The minimum absolute atomic E-state index is 0.0166. The van der Waals surface area contributed by atoms with Crippen molar-refractivity contribution in [1.82, 2.24) is 4.72 Å². The van der Waals surface area contributed by atoms with Crippen molar-refractivity contribution in [2.24, 2.45) is 0 Å². The molecular weight excluding hydrogens is 274 g/mol. The average Bonchev–Trinajstić information content (AvgIpc) is 2.26. The van der Waals surface area contributed by atoms with E-state index in [1.54, 1.807) is 0 Å². The summed E-state index contributed by atoms with van der Waals surface area (Å²) in [4.78, 5) is 12.3. The van der Waals surface area contributed by atoms with Gasteiger partial charge in [-0.2, -0.15) is 8.42 Å². The fourth-order valence-corrected chi connectivity index (χ4v) is 2.74. The van der Waals surface area contributed by atoms with Gasteiger partial charge in [-0.1, -0.05) is 12.1 Å². The summed E-state index contributed by atoms with van der Waals surface area (Å²) in [6, 6.07) is 5.76. The minimum atomic E-state index is -3.39. The van der Waals surface area contributed by atoms with Gasteiger partial charge in [-0.3, -0.25) is 13.7 Å². The van der Waals surface area contributed by atoms with Crippen LogP contribution in [0.4, 0.5) is 0 Å². The van der Waals surface area contributed by atoms with Gasteiger partial charge >= 0.3 is 0 Å². The van der Waals surface area contributed by atoms with E-state index in [4.69, 9.17) is 0 Å². The van der Waals surface area contributed by atoms with Gasteiger partial charge < -0.3 is 0 Å². The molecule has 0 aromatic heterocycles. The average molecular weight is 287 g/mol. The third-order valence-electron chi connectivity index (χ3n) is 2.44. The molecule has 1 aromatic rings. The number of nitrogens with one attached hydrogen (secondary N) is 1. The third-order valence-corrected chi connectivity index (χ3v) is 3.98. The van der Waals surface area contributed by atoms with Crippen LogP contribution in [0.5, 0.6) is 0 Å². The van der Waals surface area contributed by atoms with Gasteiger partial charge in [0.1, 0.15) is 0 Å². The summed E-state index contributed by atoms with van der Waals surface area (Å²) < 4.78 is 29.0. The summed E-state index contributed by atoms with van der Waals surface area (Å²) in [7, 11) is -3.39. The molecule has 18 heavy (non-hydrogen) atoms. The third kappa shape index (κ3) is 3.72. The first-order valence-electron chi connectivity index (χ1n) is 5.36. The highest BCUT2D eigenvalue weighted by Crippen LogP contribution is 2.26. The number of amides is 1. The fraction of sp³-hybridized carbons (Fsp3) is 0.364. The Hall–Kier alpha value is -1.05. The maximum atomic E-state index is 11.2. The Kier molecular flexibility index (Phi) is 3.94. The van der Waals surface area contributed by atoms with Gasteiger partial charge in [-0.05, 0) is 35.6 Å². The highest BCUT2D eigenvalue weighted by atomic mass is 32.2. The van der Waals surface area contributed by atoms with Crippen molar-refractivity contribution in [2.45, 2.75) is 17.7 Å². The molecule has 0 atom stereocenters. The second kappa shape index (κ2) is 5.29. The molecule has 1 heterocycles. The van der Waals surface area contributed by atoms with Crippen molar-refractivity contribution >= 4 is 28.0 Å². The molecule has 0 radical (unpaired) electrons. The van der Waals surface area contributed by atoms with E-state index in [1.807, 2.05) is 18.2 Å². The molecule has 1 aromatic carbocycles. The van der Waals surface area contributed by atoms with Crippen LogP contribution in [0.2, 0.25) is 0 Å². The van der Waals surface area contributed by atoms with Gasteiger partial charge in [0.05, 0.1) is 19.3 Å². The molecule has 1 aliphatic rings. The summed E-state index contributed by atoms with van der Waals surface area (Å²) in [6.45, 7) is 0.122. The summed E-state index contributed by atoms with van der Waals surface area (Å²) in [5.41, 5.74) is 1.94. The molecule has 98 valence electrons. The summed E-state index contributed by atoms with van der Waals surface area (Å²) in [5.74, 6) is -0.0166. The smallest absolute Gasteiger partial charge is 0.264 e. The van der Waals surface area contributed by atoms with E-state index in [2.05, 4.69) is 8.91 Å². The fourth-order valence-electron chi connectivity index (χ4n) is 1.66. The SMILES string of the molecule is CS(=O)(=O)OCCc1ccc2c(c1)CC(=O)NS2. The zero-order valence-electron chi connectivity index (χ0n) is 9.80. The normalized spacial score (nSPS) is 15.1. The quantitative estimate of drug-likeness (QED) is 0.657. The number of rotatable bonds is 4. The molecule has 0 unspecified atom stereocenters. The van der Waals surface area contributed by atoms with Crippen molar-refractivity contribution in [1.29, 1.82) is 0 Å². The van der Waals surface area contributed by atoms with Gasteiger partial charge in [0, 0.05) is 4.90 Å². The zero-order valence-corrected chi connectivity index (χ0v) is 11.4. The lowest BCUT2D eigenvalue weighted by Crippen LogP contribution is -2.23. The summed E-state index contributed by atoms with van der Waals surface area (Å²) in [6.07, 6.45) is 1.90. The van der Waals surface area contributed by atoms with Crippen molar-refractivity contribution in [3.63, 3.8) is 0 Å². The van der Waals surface area contributed by atoms with Crippen LogP contribution in [0.15, 0.2) is 23.1 Å². The first kappa shape index (κ1) is 13.4. The summed E-state index contributed by atoms with van der Waals surface area (Å²) in [5, 5.41) is 0. The topological polar surface area (TPSA) is 72.5 Å². The molecule has 1 N–H and O–H groups in total. The van der Waals surface area contributed by atoms with Gasteiger partial charge in [0.2, 0.25) is 5.91 Å². The van der Waals surface area contributed by atoms with Crippen LogP contribution < -0.4 is 4.72 Å². The first-order chi connectivity index (χ1) is 8.44. The highest BCUT2D eigenvalue weighted by molar-refractivity contribution is 7.98. The van der Waals surface area contributed by atoms with Crippen LogP contribution in [0.1, 0.15) is 11.1 Å². The molecule has 0 saturated carbocycles. The molecule has 0 spiro atoms. The number of benzene rings is 1. The van der Waals surface area contributed by atoms with Crippen LogP contribution in [-0.2, 0) is 31.9 Å². The predicted octanol–water partition coefficient (Wildman–Crippen LogP) is 0.885. The number of hydrogen-bond donors (Lipinski definition) is 1. The van der Waals surface area contributed by atoms with Gasteiger partial charge in [0.15, 0.2) is 0 Å². The van der Waals surface area contributed by atoms with Crippen LogP contribution in [-0.4, -0.2) is 27.2 Å². The molecule has 5 nitrogen and oxygen atoms in total. The molecule has 2 rings (SSSR count). The maximum absolute atomic E-state index is 11.2. The molecule has 0 fully saturated rings. The van der Waals surface area contributed by atoms with Crippen LogP contribution in [0.25, 0.3) is 0 Å². The standard InChI is InChI=1S/C11H13NO4S2/c1-18(14,15)16-5-4-8-2-3-10-9(6-8)7-11(13)12-17-10/h2-3,6H,4-5,7H2,1H3,(H,12,13). The monoisotopic (exact) mass is 287 g/mol. The predicted molar refractivity (Wildman–Crippen MR) is 68.6 cm³/mol. The Morgan fingerprint density at radius 2 is 2.22 bits per heavy atom. The van der Waals surface area contributed by atoms with E-state index in [1.165, 1.54) is 11.9 Å². The minimum Gasteiger partial charge on any atom is -0.296 e. The molecule has 1 aliphatic heterocycles. The van der Waals surface area contributed by atoms with Crippen molar-refractivity contribution in [2.75, 3.05) is 12.9 Å². The Balaban J connectivity index is 2.02. The summed E-state index contributed by atoms with van der Waals surface area (Å²) >= 11 is 1.31. The largest absolute Gasteiger partial charge is 0.296 e. The molecule has 0 bridgehead atoms. The lowest BCUT2D eigenvalue weighted by molar-refractivity contribution is -0.118. The van der Waals surface area contributed by atoms with Crippen molar-refractivity contribution in [3.05, 3.63) is 29.3 Å². The lowest BCUT2D eigenvalue weighted by Gasteiger charge is -2.16. The van der Waals surface area contributed by atoms with Crippen molar-refractivity contribution < 1.29 is 17.4 Å². The number of fused-ring (bicyclic) bond motifs is 1. The van der Waals surface area contributed by atoms with E-state index in [0.29, 0.717) is 12.8 Å². The van der Waals surface area contributed by atoms with E-state index in [9.17, 15) is 13.2 Å². The van der Waals surface area contributed by atoms with Gasteiger partial charge in [-0.25, -0.2) is 0 Å². The molecule has 7 heteroatoms. The van der Waals surface area contributed by atoms with Crippen LogP contribution in [0, 0.1) is 0 Å². The van der Waals surface area contributed by atoms with E-state index >= 15 is 0 Å². The first-order valence-corrected chi connectivity index (χ1v) is 7.99. The maximum Gasteiger partial charge on any atom is 0.264 e. The Morgan fingerprint density at radius 3 is 2.94 bits per heavy atom. The van der Waals surface area contributed by atoms with Crippen LogP contribution >= 0.6 is 11.9 Å². The molecule has 0 saturated heterocycles. The Morgan fingerprint density at radius 1 is 1.44 bits per heavy atom. The van der Waals surface area contributed by atoms with Gasteiger partial charge in [0.25, 0.3) is 10.1 Å². The second-order valence-electron chi connectivity index (χ2n) is 4.02. The molecule has 1 amide bonds. The number of hydrogen-bond acceptors (Lipinski definition) is 5. The zero-order chi connectivity index (χ0) is 13.2.